The Labute approximate surface area is 161 Å². The van der Waals surface area contributed by atoms with E-state index in [0.717, 1.165) is 31.5 Å². The van der Waals surface area contributed by atoms with Crippen LogP contribution in [0.5, 0.6) is 0 Å². The minimum Gasteiger partial charge on any atom is -0.339 e. The highest BCUT2D eigenvalue weighted by Gasteiger charge is 2.21. The fourth-order valence-electron chi connectivity index (χ4n) is 3.66. The van der Waals surface area contributed by atoms with E-state index in [0.29, 0.717) is 22.3 Å². The highest BCUT2D eigenvalue weighted by molar-refractivity contribution is 6.30. The summed E-state index contributed by atoms with van der Waals surface area (Å²) in [6.07, 6.45) is 3.47. The molecule has 4 rings (SSSR count). The second-order valence-corrected chi connectivity index (χ2v) is 7.39. The molecule has 0 aliphatic carbocycles. The molecule has 0 unspecified atom stereocenters. The number of anilines is 2. The van der Waals surface area contributed by atoms with Gasteiger partial charge in [0.05, 0.1) is 5.39 Å². The Morgan fingerprint density at radius 3 is 2.78 bits per heavy atom. The molecule has 27 heavy (non-hydrogen) atoms. The number of rotatable bonds is 3. The Hall–Kier alpha value is -2.44. The maximum Gasteiger partial charge on any atom is 0.259 e. The first-order valence-electron chi connectivity index (χ1n) is 8.94. The van der Waals surface area contributed by atoms with Gasteiger partial charge in [-0.15, -0.1) is 0 Å². The Bertz CT molecular complexity index is 1040. The lowest BCUT2D eigenvalue weighted by molar-refractivity contribution is 0.253. The van der Waals surface area contributed by atoms with Crippen molar-refractivity contribution in [3.63, 3.8) is 0 Å². The monoisotopic (exact) mass is 386 g/mol. The number of nitrogens with one attached hydrogen (secondary N) is 2. The third-order valence-electron chi connectivity index (χ3n) is 5.14. The van der Waals surface area contributed by atoms with Gasteiger partial charge in [0.15, 0.2) is 0 Å². The number of pyridine rings is 2. The minimum absolute atomic E-state index is 0.239. The lowest BCUT2D eigenvalue weighted by atomic mass is 9.89. The van der Waals surface area contributed by atoms with Gasteiger partial charge in [0.2, 0.25) is 0 Å². The van der Waals surface area contributed by atoms with Crippen LogP contribution in [0.15, 0.2) is 41.3 Å². The molecule has 1 aliphatic heterocycles. The van der Waals surface area contributed by atoms with E-state index in [9.17, 15) is 9.18 Å². The zero-order chi connectivity index (χ0) is 19.0. The van der Waals surface area contributed by atoms with Crippen LogP contribution in [0, 0.1) is 5.82 Å². The molecule has 1 saturated heterocycles. The van der Waals surface area contributed by atoms with Gasteiger partial charge in [-0.25, -0.2) is 9.37 Å². The number of hydrogen-bond donors (Lipinski definition) is 2. The maximum atomic E-state index is 14.7. The van der Waals surface area contributed by atoms with Crippen LogP contribution < -0.4 is 10.9 Å². The molecular formula is C20H20ClFN4O. The first kappa shape index (κ1) is 17.9. The third kappa shape index (κ3) is 3.68. The SMILES string of the molecule is CN1CCC(c2ccc(Nc3nc(Cl)cc4cc[nH]c(=O)c34)cc2F)CC1. The van der Waals surface area contributed by atoms with E-state index < -0.39 is 0 Å². The van der Waals surface area contributed by atoms with Gasteiger partial charge >= 0.3 is 0 Å². The number of halogens is 2. The maximum absolute atomic E-state index is 14.7. The molecule has 2 aromatic heterocycles. The van der Waals surface area contributed by atoms with Crippen LogP contribution in [0.3, 0.4) is 0 Å². The van der Waals surface area contributed by atoms with Crippen molar-refractivity contribution >= 4 is 33.9 Å². The minimum atomic E-state index is -0.275. The molecule has 3 heterocycles. The molecule has 0 bridgehead atoms. The summed E-state index contributed by atoms with van der Waals surface area (Å²) in [7, 11) is 2.09. The normalized spacial score (nSPS) is 16.0. The fraction of sp³-hybridized carbons (Fsp3) is 0.300. The van der Waals surface area contributed by atoms with E-state index in [1.165, 1.54) is 6.07 Å². The van der Waals surface area contributed by atoms with E-state index >= 15 is 0 Å². The topological polar surface area (TPSA) is 61.0 Å². The van der Waals surface area contributed by atoms with E-state index in [1.54, 1.807) is 18.3 Å². The third-order valence-corrected chi connectivity index (χ3v) is 5.34. The number of nitrogens with zero attached hydrogens (tertiary/aromatic N) is 2. The van der Waals surface area contributed by atoms with Crippen molar-refractivity contribution in [2.24, 2.45) is 0 Å². The second-order valence-electron chi connectivity index (χ2n) is 7.00. The smallest absolute Gasteiger partial charge is 0.259 e. The number of aromatic amines is 1. The Morgan fingerprint density at radius 1 is 1.26 bits per heavy atom. The molecule has 2 N–H and O–H groups in total. The molecule has 1 aliphatic rings. The van der Waals surface area contributed by atoms with E-state index in [-0.39, 0.29) is 22.4 Å². The fourth-order valence-corrected chi connectivity index (χ4v) is 3.87. The number of hydrogen-bond acceptors (Lipinski definition) is 4. The highest BCUT2D eigenvalue weighted by Crippen LogP contribution is 2.32. The first-order chi connectivity index (χ1) is 13.0. The summed E-state index contributed by atoms with van der Waals surface area (Å²) in [6, 6.07) is 8.48. The van der Waals surface area contributed by atoms with Crippen molar-refractivity contribution < 1.29 is 4.39 Å². The second kappa shape index (κ2) is 7.29. The van der Waals surface area contributed by atoms with E-state index in [2.05, 4.69) is 27.2 Å². The summed E-state index contributed by atoms with van der Waals surface area (Å²) in [5, 5.41) is 4.37. The number of likely N-dealkylation sites (tertiary alicyclic amines) is 1. The Balaban J connectivity index is 1.65. The number of piperidine rings is 1. The van der Waals surface area contributed by atoms with Crippen LogP contribution in [0.2, 0.25) is 5.15 Å². The molecule has 0 saturated carbocycles. The number of aromatic nitrogens is 2. The molecule has 0 amide bonds. The van der Waals surface area contributed by atoms with Crippen molar-refractivity contribution in [2.45, 2.75) is 18.8 Å². The largest absolute Gasteiger partial charge is 0.339 e. The summed E-state index contributed by atoms with van der Waals surface area (Å²) in [5.41, 5.74) is 1.00. The van der Waals surface area contributed by atoms with Crippen LogP contribution >= 0.6 is 11.6 Å². The van der Waals surface area contributed by atoms with Gasteiger partial charge in [-0.3, -0.25) is 4.79 Å². The van der Waals surface area contributed by atoms with Crippen molar-refractivity contribution in [1.29, 1.82) is 0 Å². The van der Waals surface area contributed by atoms with Gasteiger partial charge in [0.1, 0.15) is 16.8 Å². The predicted molar refractivity (Wildman–Crippen MR) is 107 cm³/mol. The van der Waals surface area contributed by atoms with Crippen LogP contribution in [0.1, 0.15) is 24.3 Å². The van der Waals surface area contributed by atoms with Crippen molar-refractivity contribution in [3.05, 3.63) is 63.4 Å². The van der Waals surface area contributed by atoms with Crippen LogP contribution in [-0.4, -0.2) is 35.0 Å². The zero-order valence-electron chi connectivity index (χ0n) is 14.9. The molecule has 3 aromatic rings. The molecule has 0 atom stereocenters. The summed E-state index contributed by atoms with van der Waals surface area (Å²) < 4.78 is 14.7. The van der Waals surface area contributed by atoms with Crippen LogP contribution in [0.4, 0.5) is 15.9 Å². The van der Waals surface area contributed by atoms with Gasteiger partial charge in [-0.2, -0.15) is 0 Å². The van der Waals surface area contributed by atoms with Gasteiger partial charge in [-0.1, -0.05) is 17.7 Å². The molecule has 1 aromatic carbocycles. The lowest BCUT2D eigenvalue weighted by Gasteiger charge is -2.29. The molecule has 5 nitrogen and oxygen atoms in total. The van der Waals surface area contributed by atoms with Crippen LogP contribution in [0.25, 0.3) is 10.8 Å². The molecule has 0 radical (unpaired) electrons. The van der Waals surface area contributed by atoms with Crippen molar-refractivity contribution in [3.8, 4) is 0 Å². The first-order valence-corrected chi connectivity index (χ1v) is 9.32. The molecule has 140 valence electrons. The molecule has 0 spiro atoms. The molecule has 7 heteroatoms. The van der Waals surface area contributed by atoms with E-state index in [1.807, 2.05) is 12.1 Å². The zero-order valence-corrected chi connectivity index (χ0v) is 15.7. The van der Waals surface area contributed by atoms with Crippen molar-refractivity contribution in [1.82, 2.24) is 14.9 Å². The van der Waals surface area contributed by atoms with Crippen LogP contribution in [-0.2, 0) is 0 Å². The summed E-state index contributed by atoms with van der Waals surface area (Å²) in [6.45, 7) is 1.95. The highest BCUT2D eigenvalue weighted by atomic mass is 35.5. The molecular weight excluding hydrogens is 367 g/mol. The van der Waals surface area contributed by atoms with E-state index in [4.69, 9.17) is 11.6 Å². The lowest BCUT2D eigenvalue weighted by Crippen LogP contribution is -2.29. The van der Waals surface area contributed by atoms with Gasteiger partial charge in [-0.05, 0) is 74.1 Å². The van der Waals surface area contributed by atoms with Gasteiger partial charge in [0, 0.05) is 11.9 Å². The summed E-state index contributed by atoms with van der Waals surface area (Å²) in [4.78, 5) is 21.3. The summed E-state index contributed by atoms with van der Waals surface area (Å²) in [5.74, 6) is 0.309. The van der Waals surface area contributed by atoms with Gasteiger partial charge in [0.25, 0.3) is 5.56 Å². The Kier molecular flexibility index (Phi) is 4.85. The quantitative estimate of drug-likeness (QED) is 0.660. The average molecular weight is 387 g/mol. The number of fused-ring (bicyclic) bond motifs is 1. The Morgan fingerprint density at radius 2 is 2.04 bits per heavy atom. The standard InChI is InChI=1S/C20H20ClFN4O/c1-26-8-5-12(6-9-26)15-3-2-14(11-16(15)22)24-19-18-13(10-17(21)25-19)4-7-23-20(18)27/h2-4,7,10-12H,5-6,8-9H2,1H3,(H,23,27)(H,24,25). The van der Waals surface area contributed by atoms with Crippen molar-refractivity contribution in [2.75, 3.05) is 25.5 Å². The average Bonchev–Trinajstić information content (AvgIpc) is 2.62. The predicted octanol–water partition coefficient (Wildman–Crippen LogP) is 4.27. The van der Waals surface area contributed by atoms with Gasteiger partial charge < -0.3 is 15.2 Å². The number of H-pyrrole nitrogens is 1. The summed E-state index contributed by atoms with van der Waals surface area (Å²) >= 11 is 6.07. The number of benzene rings is 1. The molecule has 1 fully saturated rings.